The number of nitrogens with one attached hydrogen (secondary N) is 1. The molecule has 4 aromatic carbocycles. The topological polar surface area (TPSA) is 125 Å². The number of carbonyl (C=O) groups excluding carboxylic acids is 3. The molecule has 0 aromatic heterocycles. The Labute approximate surface area is 392 Å². The first-order valence-corrected chi connectivity index (χ1v) is 24.0. The van der Waals surface area contributed by atoms with Gasteiger partial charge in [-0.15, -0.1) is 23.4 Å². The number of nitrogens with zero attached hydrogens (tertiary/aromatic N) is 2. The average molecular weight is 929 g/mol. The molecule has 1 fully saturated rings. The Morgan fingerprint density at radius 2 is 1.29 bits per heavy atom. The van der Waals surface area contributed by atoms with Crippen molar-refractivity contribution in [3.8, 4) is 5.75 Å². The number of benzene rings is 4. The summed E-state index contributed by atoms with van der Waals surface area (Å²) in [6.07, 6.45) is 2.27. The van der Waals surface area contributed by atoms with E-state index in [0.29, 0.717) is 103 Å². The van der Waals surface area contributed by atoms with Gasteiger partial charge in [0.05, 0.1) is 59.5 Å². The molecule has 0 aliphatic carbocycles. The predicted molar refractivity (Wildman–Crippen MR) is 255 cm³/mol. The van der Waals surface area contributed by atoms with Crippen molar-refractivity contribution in [1.29, 1.82) is 0 Å². The van der Waals surface area contributed by atoms with E-state index in [-0.39, 0.29) is 18.2 Å². The van der Waals surface area contributed by atoms with Gasteiger partial charge in [0.2, 0.25) is 11.8 Å². The lowest BCUT2D eigenvalue weighted by molar-refractivity contribution is -0.136. The predicted octanol–water partition coefficient (Wildman–Crippen LogP) is 7.61. The Morgan fingerprint density at radius 3 is 1.92 bits per heavy atom. The Bertz CT molecular complexity index is 2110. The zero-order valence-corrected chi connectivity index (χ0v) is 39.0. The summed E-state index contributed by atoms with van der Waals surface area (Å²) in [5.41, 5.74) is 7.43. The van der Waals surface area contributed by atoms with E-state index in [4.69, 9.17) is 40.0 Å². The Hall–Kier alpha value is -4.57. The molecule has 1 unspecified atom stereocenters. The second-order valence-electron chi connectivity index (χ2n) is 15.6. The number of fused-ring (bicyclic) bond motifs is 1. The van der Waals surface area contributed by atoms with Crippen LogP contribution in [0.1, 0.15) is 58.3 Å². The molecule has 2 heterocycles. The first kappa shape index (κ1) is 49.9. The first-order chi connectivity index (χ1) is 31.9. The highest BCUT2D eigenvalue weighted by atomic mass is 35.5. The largest absolute Gasteiger partial charge is 0.492 e. The zero-order valence-electron chi connectivity index (χ0n) is 37.4. The fourth-order valence-corrected chi connectivity index (χ4v) is 8.87. The number of likely N-dealkylation sites (N-methyl/N-ethyl adjacent to an activating group) is 1. The molecular weight excluding hydrogens is 866 g/mol. The molecule has 12 nitrogen and oxygen atoms in total. The second-order valence-corrected chi connectivity index (χ2v) is 17.2. The standard InChI is InChI=1S/C51H62ClN3O9S/c1-54(25-27-64-42-18-16-41(17-19-42)49(40-12-6-3-7-13-40)43(22-23-52)39-10-4-2-5-11-39)24-9-26-59-28-29-60-30-31-61-32-33-62-34-35-63-36-37-65-47-15-8-14-44-45(47)38-55(51(44)58)46-20-21-48(56)53-50(46)57/h2-8,10-19,46H,9,20-38H2,1H3,(H,53,56,57)/b49-43-. The first-order valence-electron chi connectivity index (χ1n) is 22.5. The van der Waals surface area contributed by atoms with Crippen LogP contribution in [0.5, 0.6) is 5.75 Å². The van der Waals surface area contributed by atoms with Gasteiger partial charge in [0.1, 0.15) is 18.4 Å². The van der Waals surface area contributed by atoms with Crippen LogP contribution in [0.3, 0.4) is 0 Å². The van der Waals surface area contributed by atoms with Crippen LogP contribution >= 0.6 is 23.4 Å². The molecular formula is C51H62ClN3O9S. The molecule has 0 bridgehead atoms. The van der Waals surface area contributed by atoms with E-state index in [0.717, 1.165) is 53.3 Å². The van der Waals surface area contributed by atoms with E-state index in [1.54, 1.807) is 22.7 Å². The third-order valence-corrected chi connectivity index (χ3v) is 12.3. The zero-order chi connectivity index (χ0) is 45.5. The maximum atomic E-state index is 13.0. The molecule has 4 aromatic rings. The van der Waals surface area contributed by atoms with E-state index < -0.39 is 11.9 Å². The number of halogens is 1. The lowest BCUT2D eigenvalue weighted by Gasteiger charge is -2.29. The number of allylic oxidation sites excluding steroid dienone is 1. The van der Waals surface area contributed by atoms with Gasteiger partial charge >= 0.3 is 0 Å². The maximum absolute atomic E-state index is 13.0. The molecule has 14 heteroatoms. The number of piperidine rings is 1. The Kier molecular flexibility index (Phi) is 21.3. The number of imide groups is 1. The van der Waals surface area contributed by atoms with Gasteiger partial charge in [-0.2, -0.15) is 0 Å². The van der Waals surface area contributed by atoms with Crippen molar-refractivity contribution in [2.75, 3.05) is 104 Å². The molecule has 1 N–H and O–H groups in total. The number of thioether (sulfide) groups is 1. The molecule has 348 valence electrons. The van der Waals surface area contributed by atoms with Crippen LogP contribution in [0, 0.1) is 0 Å². The van der Waals surface area contributed by atoms with Gasteiger partial charge in [0.15, 0.2) is 0 Å². The van der Waals surface area contributed by atoms with E-state index >= 15 is 0 Å². The van der Waals surface area contributed by atoms with Crippen LogP contribution in [-0.2, 0) is 39.8 Å². The minimum absolute atomic E-state index is 0.166. The number of amides is 3. The van der Waals surface area contributed by atoms with E-state index in [9.17, 15) is 14.4 Å². The summed E-state index contributed by atoms with van der Waals surface area (Å²) in [5, 5.41) is 2.35. The fourth-order valence-electron chi connectivity index (χ4n) is 7.74. The molecule has 1 atom stereocenters. The SMILES string of the molecule is CN(CCCOCCOCCOCCOCCOCCSc1cccc2c1CN(C1CCC(=O)NC1=O)C2=O)CCOc1ccc(/C(=C(/CCCl)c2ccccc2)c2ccccc2)cc1. The lowest BCUT2D eigenvalue weighted by atomic mass is 9.88. The van der Waals surface area contributed by atoms with Gasteiger partial charge in [0.25, 0.3) is 5.91 Å². The fraction of sp³-hybridized carbons (Fsp3) is 0.431. The molecule has 0 radical (unpaired) electrons. The van der Waals surface area contributed by atoms with Crippen molar-refractivity contribution < 1.29 is 42.8 Å². The van der Waals surface area contributed by atoms with Crippen molar-refractivity contribution >= 4 is 52.2 Å². The van der Waals surface area contributed by atoms with Gasteiger partial charge in [-0.3, -0.25) is 19.7 Å². The van der Waals surface area contributed by atoms with Crippen molar-refractivity contribution in [2.45, 2.75) is 43.2 Å². The van der Waals surface area contributed by atoms with Crippen molar-refractivity contribution in [2.24, 2.45) is 0 Å². The molecule has 0 saturated carbocycles. The van der Waals surface area contributed by atoms with Gasteiger partial charge < -0.3 is 38.2 Å². The van der Waals surface area contributed by atoms with Gasteiger partial charge in [-0.05, 0) is 84.0 Å². The molecule has 0 spiro atoms. The third kappa shape index (κ3) is 15.8. The number of alkyl halides is 1. The molecule has 1 saturated heterocycles. The van der Waals surface area contributed by atoms with Crippen molar-refractivity contribution in [1.82, 2.24) is 15.1 Å². The van der Waals surface area contributed by atoms with Crippen LogP contribution in [0.2, 0.25) is 0 Å². The van der Waals surface area contributed by atoms with Gasteiger partial charge in [-0.25, -0.2) is 0 Å². The van der Waals surface area contributed by atoms with Crippen molar-refractivity contribution in [3.05, 3.63) is 131 Å². The molecule has 3 amide bonds. The van der Waals surface area contributed by atoms with Crippen LogP contribution in [0.25, 0.3) is 11.1 Å². The third-order valence-electron chi connectivity index (χ3n) is 11.1. The summed E-state index contributed by atoms with van der Waals surface area (Å²) in [4.78, 5) is 41.8. The number of ether oxygens (including phenoxy) is 6. The number of hydrogen-bond donors (Lipinski definition) is 1. The summed E-state index contributed by atoms with van der Waals surface area (Å²) in [7, 11) is 2.10. The van der Waals surface area contributed by atoms with Crippen molar-refractivity contribution in [3.63, 3.8) is 0 Å². The average Bonchev–Trinajstić information content (AvgIpc) is 3.66. The number of carbonyl (C=O) groups is 3. The molecule has 2 aliphatic heterocycles. The monoisotopic (exact) mass is 927 g/mol. The summed E-state index contributed by atoms with van der Waals surface area (Å²) in [6.45, 7) is 7.83. The van der Waals surface area contributed by atoms with Gasteiger partial charge in [-0.1, -0.05) is 78.9 Å². The molecule has 2 aliphatic rings. The molecule has 6 rings (SSSR count). The van der Waals surface area contributed by atoms with Crippen LogP contribution in [0.4, 0.5) is 0 Å². The summed E-state index contributed by atoms with van der Waals surface area (Å²) in [5.74, 6) is 1.24. The summed E-state index contributed by atoms with van der Waals surface area (Å²) >= 11 is 7.94. The van der Waals surface area contributed by atoms with E-state index in [1.165, 1.54) is 16.7 Å². The minimum atomic E-state index is -0.620. The smallest absolute Gasteiger partial charge is 0.255 e. The second kappa shape index (κ2) is 27.8. The Morgan fingerprint density at radius 1 is 0.692 bits per heavy atom. The highest BCUT2D eigenvalue weighted by Crippen LogP contribution is 2.36. The maximum Gasteiger partial charge on any atom is 0.255 e. The number of hydrogen-bond acceptors (Lipinski definition) is 11. The highest BCUT2D eigenvalue weighted by Gasteiger charge is 2.39. The highest BCUT2D eigenvalue weighted by molar-refractivity contribution is 7.99. The molecule has 65 heavy (non-hydrogen) atoms. The lowest BCUT2D eigenvalue weighted by Crippen LogP contribution is -2.52. The van der Waals surface area contributed by atoms with E-state index in [2.05, 4.69) is 77.9 Å². The summed E-state index contributed by atoms with van der Waals surface area (Å²) < 4.78 is 34.5. The minimum Gasteiger partial charge on any atom is -0.492 e. The van der Waals surface area contributed by atoms with Crippen LogP contribution < -0.4 is 10.1 Å². The normalized spacial score (nSPS) is 15.3. The van der Waals surface area contributed by atoms with Crippen LogP contribution in [-0.4, -0.2) is 138 Å². The summed E-state index contributed by atoms with van der Waals surface area (Å²) in [6, 6.07) is 34.4. The van der Waals surface area contributed by atoms with Crippen LogP contribution in [0.15, 0.2) is 108 Å². The Balaban J connectivity index is 0.728. The van der Waals surface area contributed by atoms with Gasteiger partial charge in [0, 0.05) is 54.8 Å². The quantitative estimate of drug-likeness (QED) is 0.0183. The number of rotatable bonds is 30. The van der Waals surface area contributed by atoms with E-state index in [1.807, 2.05) is 36.4 Å².